The van der Waals surface area contributed by atoms with E-state index in [4.69, 9.17) is 0 Å². The number of thiophene rings is 1. The third-order valence-corrected chi connectivity index (χ3v) is 7.04. The van der Waals surface area contributed by atoms with Gasteiger partial charge in [0.1, 0.15) is 0 Å². The molecule has 0 amide bonds. The van der Waals surface area contributed by atoms with E-state index in [1.54, 1.807) is 0 Å². The Kier molecular flexibility index (Phi) is 4.58. The van der Waals surface area contributed by atoms with Crippen LogP contribution in [0.5, 0.6) is 0 Å². The number of rotatable bonds is 4. The molecule has 2 aliphatic rings. The van der Waals surface area contributed by atoms with E-state index in [9.17, 15) is 9.90 Å². The molecular weight excluding hydrogens is 306 g/mol. The maximum Gasteiger partial charge on any atom is 0.337 e. The predicted molar refractivity (Wildman–Crippen MR) is 95.7 cm³/mol. The van der Waals surface area contributed by atoms with Crippen molar-refractivity contribution in [2.24, 2.45) is 11.3 Å². The lowest BCUT2D eigenvalue weighted by molar-refractivity contribution is 0.0693. The predicted octanol–water partition coefficient (Wildman–Crippen LogP) is 4.41. The molecule has 0 radical (unpaired) electrons. The second-order valence-corrected chi connectivity index (χ2v) is 9.59. The Morgan fingerprint density at radius 3 is 2.74 bits per heavy atom. The van der Waals surface area contributed by atoms with Gasteiger partial charge in [-0.3, -0.25) is 0 Å². The highest BCUT2D eigenvalue weighted by atomic mass is 32.1. The van der Waals surface area contributed by atoms with Crippen LogP contribution in [0.2, 0.25) is 0 Å². The van der Waals surface area contributed by atoms with Crippen molar-refractivity contribution in [3.05, 3.63) is 20.9 Å². The summed E-state index contributed by atoms with van der Waals surface area (Å²) in [6, 6.07) is 0. The monoisotopic (exact) mass is 335 g/mol. The summed E-state index contributed by atoms with van der Waals surface area (Å²) in [5.41, 5.74) is 2.06. The van der Waals surface area contributed by atoms with Crippen molar-refractivity contribution in [1.29, 1.82) is 0 Å². The fraction of sp³-hybridized carbons (Fsp3) is 0.737. The zero-order chi connectivity index (χ0) is 16.8. The van der Waals surface area contributed by atoms with Gasteiger partial charge in [0.2, 0.25) is 0 Å². The molecule has 128 valence electrons. The standard InChI is InChI=1S/C19H29NO2S/c1-19(2)9-8-15-14(10-19)16(18(21)22)17(23-15)13-7-5-6-12(13)11-20(3)4/h12-13H,5-11H2,1-4H3,(H,21,22)/t12-,13-/m1/s1. The van der Waals surface area contributed by atoms with E-state index >= 15 is 0 Å². The van der Waals surface area contributed by atoms with Crippen LogP contribution in [0.1, 0.15) is 71.1 Å². The van der Waals surface area contributed by atoms with Gasteiger partial charge < -0.3 is 10.0 Å². The highest BCUT2D eigenvalue weighted by molar-refractivity contribution is 7.12. The zero-order valence-electron chi connectivity index (χ0n) is 14.8. The molecule has 0 spiro atoms. The van der Waals surface area contributed by atoms with Gasteiger partial charge in [-0.05, 0) is 69.0 Å². The number of aromatic carboxylic acids is 1. The van der Waals surface area contributed by atoms with Crippen LogP contribution in [0.4, 0.5) is 0 Å². The molecule has 3 nitrogen and oxygen atoms in total. The van der Waals surface area contributed by atoms with Gasteiger partial charge in [0, 0.05) is 16.3 Å². The largest absolute Gasteiger partial charge is 0.478 e. The Labute approximate surface area is 143 Å². The highest BCUT2D eigenvalue weighted by Gasteiger charge is 2.38. The van der Waals surface area contributed by atoms with Gasteiger partial charge in [0.05, 0.1) is 5.56 Å². The Hall–Kier alpha value is -0.870. The number of aryl methyl sites for hydroxylation is 1. The first-order valence-corrected chi connectivity index (χ1v) is 9.62. The summed E-state index contributed by atoms with van der Waals surface area (Å²) in [6.45, 7) is 5.60. The van der Waals surface area contributed by atoms with Gasteiger partial charge in [0.15, 0.2) is 0 Å². The van der Waals surface area contributed by atoms with Crippen LogP contribution in [-0.4, -0.2) is 36.6 Å². The average Bonchev–Trinajstić information content (AvgIpc) is 3.00. The van der Waals surface area contributed by atoms with Gasteiger partial charge in [-0.15, -0.1) is 11.3 Å². The molecule has 1 saturated carbocycles. The van der Waals surface area contributed by atoms with Crippen molar-refractivity contribution >= 4 is 17.3 Å². The molecule has 0 saturated heterocycles. The molecular formula is C19H29NO2S. The highest BCUT2D eigenvalue weighted by Crippen LogP contribution is 2.49. The van der Waals surface area contributed by atoms with Crippen LogP contribution >= 0.6 is 11.3 Å². The number of carbonyl (C=O) groups is 1. The number of hydrogen-bond donors (Lipinski definition) is 1. The molecule has 0 aliphatic heterocycles. The van der Waals surface area contributed by atoms with Crippen LogP contribution in [0.3, 0.4) is 0 Å². The van der Waals surface area contributed by atoms with Crippen LogP contribution < -0.4 is 0 Å². The van der Waals surface area contributed by atoms with Crippen molar-refractivity contribution in [3.8, 4) is 0 Å². The molecule has 4 heteroatoms. The first-order valence-electron chi connectivity index (χ1n) is 8.81. The number of nitrogens with zero attached hydrogens (tertiary/aromatic N) is 1. The summed E-state index contributed by atoms with van der Waals surface area (Å²) in [5.74, 6) is 0.351. The first-order chi connectivity index (χ1) is 10.8. The summed E-state index contributed by atoms with van der Waals surface area (Å²) in [6.07, 6.45) is 6.77. The van der Waals surface area contributed by atoms with E-state index in [2.05, 4.69) is 32.8 Å². The molecule has 1 N–H and O–H groups in total. The van der Waals surface area contributed by atoms with E-state index in [1.807, 2.05) is 11.3 Å². The smallest absolute Gasteiger partial charge is 0.337 e. The second-order valence-electron chi connectivity index (χ2n) is 8.45. The lowest BCUT2D eigenvalue weighted by Gasteiger charge is -2.29. The molecule has 2 atom stereocenters. The van der Waals surface area contributed by atoms with Gasteiger partial charge in [-0.2, -0.15) is 0 Å². The van der Waals surface area contributed by atoms with Crippen LogP contribution in [0, 0.1) is 11.3 Å². The molecule has 1 fully saturated rings. The Bertz CT molecular complexity index is 603. The van der Waals surface area contributed by atoms with Gasteiger partial charge in [-0.25, -0.2) is 4.79 Å². The van der Waals surface area contributed by atoms with E-state index in [1.165, 1.54) is 29.0 Å². The van der Waals surface area contributed by atoms with E-state index in [-0.39, 0.29) is 5.41 Å². The van der Waals surface area contributed by atoms with Crippen molar-refractivity contribution < 1.29 is 9.90 Å². The van der Waals surface area contributed by atoms with Crippen molar-refractivity contribution in [3.63, 3.8) is 0 Å². The normalized spacial score (nSPS) is 26.5. The number of carboxylic acids is 1. The van der Waals surface area contributed by atoms with Crippen molar-refractivity contribution in [1.82, 2.24) is 4.90 Å². The molecule has 0 unspecified atom stereocenters. The van der Waals surface area contributed by atoms with Crippen LogP contribution in [0.25, 0.3) is 0 Å². The number of carboxylic acid groups (broad SMARTS) is 1. The number of fused-ring (bicyclic) bond motifs is 1. The molecule has 2 aliphatic carbocycles. The Balaban J connectivity index is 2.00. The summed E-state index contributed by atoms with van der Waals surface area (Å²) in [7, 11) is 4.24. The summed E-state index contributed by atoms with van der Waals surface area (Å²) < 4.78 is 0. The maximum absolute atomic E-state index is 12.0. The van der Waals surface area contributed by atoms with E-state index in [0.29, 0.717) is 17.4 Å². The third-order valence-electron chi connectivity index (χ3n) is 5.61. The van der Waals surface area contributed by atoms with E-state index in [0.717, 1.165) is 31.4 Å². The van der Waals surface area contributed by atoms with Crippen LogP contribution in [0.15, 0.2) is 0 Å². The topological polar surface area (TPSA) is 40.5 Å². The Morgan fingerprint density at radius 1 is 1.35 bits per heavy atom. The van der Waals surface area contributed by atoms with Crippen LogP contribution in [-0.2, 0) is 12.8 Å². The third kappa shape index (κ3) is 3.34. The van der Waals surface area contributed by atoms with Gasteiger partial charge in [0.25, 0.3) is 0 Å². The number of hydrogen-bond acceptors (Lipinski definition) is 3. The quantitative estimate of drug-likeness (QED) is 0.886. The minimum absolute atomic E-state index is 0.230. The van der Waals surface area contributed by atoms with E-state index < -0.39 is 5.97 Å². The molecule has 0 aromatic carbocycles. The minimum atomic E-state index is -0.703. The fourth-order valence-electron chi connectivity index (χ4n) is 4.51. The first kappa shape index (κ1) is 17.0. The summed E-state index contributed by atoms with van der Waals surface area (Å²) in [4.78, 5) is 16.8. The zero-order valence-corrected chi connectivity index (χ0v) is 15.6. The average molecular weight is 336 g/mol. The molecule has 23 heavy (non-hydrogen) atoms. The fourth-order valence-corrected chi connectivity index (χ4v) is 6.05. The molecule has 1 aromatic rings. The molecule has 0 bridgehead atoms. The van der Waals surface area contributed by atoms with Crippen molar-refractivity contribution in [2.45, 2.75) is 58.3 Å². The molecule has 1 aromatic heterocycles. The minimum Gasteiger partial charge on any atom is -0.478 e. The second kappa shape index (κ2) is 6.21. The van der Waals surface area contributed by atoms with Gasteiger partial charge >= 0.3 is 5.97 Å². The lowest BCUT2D eigenvalue weighted by Crippen LogP contribution is -2.24. The van der Waals surface area contributed by atoms with Crippen molar-refractivity contribution in [2.75, 3.05) is 20.6 Å². The maximum atomic E-state index is 12.0. The summed E-state index contributed by atoms with van der Waals surface area (Å²) >= 11 is 1.82. The molecule has 1 heterocycles. The van der Waals surface area contributed by atoms with Gasteiger partial charge in [-0.1, -0.05) is 20.3 Å². The lowest BCUT2D eigenvalue weighted by atomic mass is 9.75. The SMILES string of the molecule is CN(C)C[C@H]1CCC[C@H]1c1sc2c(c1C(=O)O)CC(C)(C)CC2. The summed E-state index contributed by atoms with van der Waals surface area (Å²) in [5, 5.41) is 9.91. The molecule has 3 rings (SSSR count). The Morgan fingerprint density at radius 2 is 2.09 bits per heavy atom.